The Morgan fingerprint density at radius 1 is 1.40 bits per heavy atom. The van der Waals surface area contributed by atoms with E-state index in [0.717, 1.165) is 24.6 Å². The molecule has 0 bridgehead atoms. The van der Waals surface area contributed by atoms with Crippen LogP contribution >= 0.6 is 0 Å². The fraction of sp³-hybridized carbons (Fsp3) is 0.750. The van der Waals surface area contributed by atoms with Gasteiger partial charge in [-0.15, -0.1) is 0 Å². The van der Waals surface area contributed by atoms with E-state index in [1.807, 2.05) is 6.08 Å². The van der Waals surface area contributed by atoms with Crippen LogP contribution in [0.25, 0.3) is 0 Å². The first-order valence-electron chi connectivity index (χ1n) is 5.97. The van der Waals surface area contributed by atoms with Crippen molar-refractivity contribution in [3.8, 4) is 0 Å². The van der Waals surface area contributed by atoms with Crippen LogP contribution < -0.4 is 5.11 Å². The first-order valence-corrected chi connectivity index (χ1v) is 7.33. The van der Waals surface area contributed by atoms with Crippen LogP contribution in [0.5, 0.6) is 0 Å². The Labute approximate surface area is 121 Å². The molecule has 20 heavy (non-hydrogen) atoms. The molecule has 0 atom stereocenters. The zero-order valence-corrected chi connectivity index (χ0v) is 13.8. The topological polar surface area (TPSA) is 111 Å². The van der Waals surface area contributed by atoms with Crippen molar-refractivity contribution in [1.82, 2.24) is 0 Å². The molecule has 0 amide bonds. The highest BCUT2D eigenvalue weighted by Gasteiger charge is 2.18. The molecule has 0 aliphatic carbocycles. The van der Waals surface area contributed by atoms with Crippen molar-refractivity contribution in [2.75, 3.05) is 34.8 Å². The van der Waals surface area contributed by atoms with E-state index >= 15 is 0 Å². The van der Waals surface area contributed by atoms with Gasteiger partial charge in [-0.25, -0.2) is 0 Å². The molecule has 120 valence electrons. The summed E-state index contributed by atoms with van der Waals surface area (Å²) in [5.41, 5.74) is 0.00222. The minimum absolute atomic E-state index is 0.00222. The second kappa shape index (κ2) is 8.35. The van der Waals surface area contributed by atoms with Crippen molar-refractivity contribution in [2.45, 2.75) is 20.3 Å². The van der Waals surface area contributed by atoms with Gasteiger partial charge in [0.2, 0.25) is 0 Å². The predicted molar refractivity (Wildman–Crippen MR) is 76.7 cm³/mol. The molecule has 0 aromatic carbocycles. The lowest BCUT2D eigenvalue weighted by atomic mass is 9.88. The van der Waals surface area contributed by atoms with Crippen molar-refractivity contribution in [1.29, 1.82) is 5.41 Å². The summed E-state index contributed by atoms with van der Waals surface area (Å²) < 4.78 is 30.6. The van der Waals surface area contributed by atoms with E-state index in [0.29, 0.717) is 0 Å². The van der Waals surface area contributed by atoms with Crippen LogP contribution in [0, 0.1) is 10.8 Å². The zero-order valence-electron chi connectivity index (χ0n) is 13.0. The molecule has 0 aromatic rings. The number of hydrogen-bond donors (Lipinski definition) is 2. The maximum absolute atomic E-state index is 10.5. The van der Waals surface area contributed by atoms with Crippen LogP contribution in [0.4, 0.5) is 0 Å². The molecule has 0 aromatic heterocycles. The summed E-state index contributed by atoms with van der Waals surface area (Å²) >= 11 is 0. The van der Waals surface area contributed by atoms with E-state index in [-0.39, 0.29) is 5.41 Å². The largest absolute Gasteiger partial charge is 0.859 e. The van der Waals surface area contributed by atoms with Gasteiger partial charge in [-0.2, -0.15) is 8.42 Å². The quantitative estimate of drug-likeness (QED) is 0.320. The van der Waals surface area contributed by atoms with Crippen LogP contribution in [-0.2, 0) is 14.6 Å². The van der Waals surface area contributed by atoms with E-state index in [9.17, 15) is 13.5 Å². The minimum Gasteiger partial charge on any atom is -0.859 e. The highest BCUT2D eigenvalue weighted by molar-refractivity contribution is 7.80. The highest BCUT2D eigenvalue weighted by Crippen LogP contribution is 2.22. The van der Waals surface area contributed by atoms with Crippen molar-refractivity contribution >= 4 is 16.3 Å². The van der Waals surface area contributed by atoms with Crippen molar-refractivity contribution in [2.24, 2.45) is 5.41 Å². The van der Waals surface area contributed by atoms with Gasteiger partial charge in [0.25, 0.3) is 0 Å². The molecule has 0 saturated heterocycles. The standard InChI is InChI=1S/C11H22N2O.CH4O4S/c1-11(2,7-6-10(12)14)8-9-13(3,4)5;1-5-6(2,3)4/h6-7H,8-9H2,1-5H3,(H-,12,14);1H3,(H,2,3,4). The molecule has 0 spiro atoms. The number of rotatable bonds is 6. The van der Waals surface area contributed by atoms with Gasteiger partial charge in [0.05, 0.1) is 34.8 Å². The molecule has 0 rings (SSSR count). The number of nitrogens with one attached hydrogen (secondary N) is 1. The number of quaternary nitrogens is 1. The fourth-order valence-corrected chi connectivity index (χ4v) is 1.01. The lowest BCUT2D eigenvalue weighted by Gasteiger charge is -2.29. The van der Waals surface area contributed by atoms with Gasteiger partial charge in [-0.05, 0) is 11.3 Å². The van der Waals surface area contributed by atoms with E-state index in [2.05, 4.69) is 39.2 Å². The van der Waals surface area contributed by atoms with Crippen LogP contribution in [-0.4, -0.2) is 58.1 Å². The van der Waals surface area contributed by atoms with E-state index < -0.39 is 16.3 Å². The zero-order chi connectivity index (χ0) is 16.6. The number of allylic oxidation sites excluding steroid dienone is 1. The molecular formula is C12H26N2O5S. The molecule has 2 N–H and O–H groups in total. The average molecular weight is 310 g/mol. The lowest BCUT2D eigenvalue weighted by Crippen LogP contribution is -2.37. The molecule has 7 nitrogen and oxygen atoms in total. The normalized spacial score (nSPS) is 12.9. The fourth-order valence-electron chi connectivity index (χ4n) is 1.01. The van der Waals surface area contributed by atoms with Gasteiger partial charge in [0.1, 0.15) is 0 Å². The molecule has 0 radical (unpaired) electrons. The third-order valence-electron chi connectivity index (χ3n) is 2.32. The van der Waals surface area contributed by atoms with Crippen LogP contribution in [0.3, 0.4) is 0 Å². The van der Waals surface area contributed by atoms with Gasteiger partial charge in [-0.1, -0.05) is 26.0 Å². The summed E-state index contributed by atoms with van der Waals surface area (Å²) in [6.45, 7) is 5.23. The van der Waals surface area contributed by atoms with Gasteiger partial charge < -0.3 is 15.0 Å². The van der Waals surface area contributed by atoms with Crippen molar-refractivity contribution in [3.63, 3.8) is 0 Å². The summed E-state index contributed by atoms with van der Waals surface area (Å²) in [6, 6.07) is 0. The van der Waals surface area contributed by atoms with E-state index in [1.165, 1.54) is 6.08 Å². The molecule has 0 aliphatic heterocycles. The summed E-state index contributed by atoms with van der Waals surface area (Å²) in [5, 5.41) is 17.3. The van der Waals surface area contributed by atoms with Crippen LogP contribution in [0.1, 0.15) is 20.3 Å². The summed E-state index contributed by atoms with van der Waals surface area (Å²) in [4.78, 5) is 0. The summed E-state index contributed by atoms with van der Waals surface area (Å²) in [5.74, 6) is -0.622. The summed E-state index contributed by atoms with van der Waals surface area (Å²) in [7, 11) is 3.15. The molecule has 0 aliphatic rings. The average Bonchev–Trinajstić information content (AvgIpc) is 2.23. The number of nitrogens with zero attached hydrogens (tertiary/aromatic N) is 1. The SMILES string of the molecule is CC(C)(C=CC(=N)[O-])CC[N+](C)(C)C.COS(=O)(=O)O. The molecule has 0 unspecified atom stereocenters. The maximum Gasteiger partial charge on any atom is 0.397 e. The van der Waals surface area contributed by atoms with Crippen molar-refractivity contribution < 1.29 is 26.7 Å². The Hall–Kier alpha value is -0.960. The predicted octanol–water partition coefficient (Wildman–Crippen LogP) is 0.438. The second-order valence-electron chi connectivity index (χ2n) is 6.04. The Morgan fingerprint density at radius 3 is 2.05 bits per heavy atom. The van der Waals surface area contributed by atoms with Crippen molar-refractivity contribution in [3.05, 3.63) is 12.2 Å². The Morgan fingerprint density at radius 2 is 1.80 bits per heavy atom. The first-order chi connectivity index (χ1) is 8.68. The van der Waals surface area contributed by atoms with Gasteiger partial charge >= 0.3 is 10.4 Å². The Balaban J connectivity index is 0. The van der Waals surface area contributed by atoms with Gasteiger partial charge in [0, 0.05) is 6.42 Å². The molecule has 0 saturated carbocycles. The lowest BCUT2D eigenvalue weighted by molar-refractivity contribution is -0.871. The monoisotopic (exact) mass is 310 g/mol. The van der Waals surface area contributed by atoms with Crippen LogP contribution in [0.15, 0.2) is 12.2 Å². The molecule has 8 heteroatoms. The van der Waals surface area contributed by atoms with Gasteiger partial charge in [0.15, 0.2) is 0 Å². The highest BCUT2D eigenvalue weighted by atomic mass is 32.3. The van der Waals surface area contributed by atoms with E-state index in [4.69, 9.17) is 9.96 Å². The van der Waals surface area contributed by atoms with Crippen LogP contribution in [0.2, 0.25) is 0 Å². The first kappa shape index (κ1) is 21.3. The molecule has 0 fully saturated rings. The second-order valence-corrected chi connectivity index (χ2v) is 7.23. The number of hydrogen-bond acceptors (Lipinski definition) is 5. The van der Waals surface area contributed by atoms with E-state index in [1.54, 1.807) is 0 Å². The third-order valence-corrected chi connectivity index (χ3v) is 2.74. The minimum atomic E-state index is -4.16. The van der Waals surface area contributed by atoms with Gasteiger partial charge in [-0.3, -0.25) is 8.74 Å². The molecular weight excluding hydrogens is 284 g/mol. The molecule has 0 heterocycles. The summed E-state index contributed by atoms with van der Waals surface area (Å²) in [6.07, 6.45) is 4.19. The Kier molecular flexibility index (Phi) is 8.91. The maximum atomic E-state index is 10.5. The third kappa shape index (κ3) is 19.4. The smallest absolute Gasteiger partial charge is 0.397 e. The Bertz CT molecular complexity index is 422.